The summed E-state index contributed by atoms with van der Waals surface area (Å²) in [5.41, 5.74) is 1.61. The number of furan rings is 1. The molecule has 6 heteroatoms. The number of hydrogen-bond acceptors (Lipinski definition) is 4. The Hall–Kier alpha value is -1.92. The molecular weight excluding hydrogens is 268 g/mol. The van der Waals surface area contributed by atoms with Gasteiger partial charge in [-0.05, 0) is 43.2 Å². The fraction of sp³-hybridized carbons (Fsp3) is 0.154. The molecule has 0 aliphatic carbocycles. The molecule has 0 radical (unpaired) electrons. The van der Waals surface area contributed by atoms with E-state index in [0.29, 0.717) is 17.4 Å². The summed E-state index contributed by atoms with van der Waals surface area (Å²) in [6.07, 6.45) is 0.528. The van der Waals surface area contributed by atoms with Crippen molar-refractivity contribution in [3.05, 3.63) is 41.2 Å². The van der Waals surface area contributed by atoms with E-state index in [0.717, 1.165) is 0 Å². The minimum atomic E-state index is -4.37. The molecule has 0 amide bonds. The van der Waals surface area contributed by atoms with Crippen molar-refractivity contribution >= 4 is 16.4 Å². The Kier molecular flexibility index (Phi) is 3.30. The van der Waals surface area contributed by atoms with Crippen LogP contribution in [0.15, 0.2) is 33.6 Å². The van der Waals surface area contributed by atoms with Crippen molar-refractivity contribution in [1.29, 1.82) is 0 Å². The molecule has 0 bridgehead atoms. The number of carbonyl (C=O) groups is 1. The Morgan fingerprint density at radius 3 is 2.42 bits per heavy atom. The molecular formula is C13H12O5S. The highest BCUT2D eigenvalue weighted by molar-refractivity contribution is 7.86. The minimum Gasteiger partial charge on any atom is -0.453 e. The summed E-state index contributed by atoms with van der Waals surface area (Å²) in [6.45, 7) is 3.44. The maximum Gasteiger partial charge on any atom is 0.295 e. The van der Waals surface area contributed by atoms with Crippen molar-refractivity contribution in [1.82, 2.24) is 0 Å². The van der Waals surface area contributed by atoms with Gasteiger partial charge in [-0.3, -0.25) is 9.35 Å². The van der Waals surface area contributed by atoms with Gasteiger partial charge in [-0.1, -0.05) is 6.07 Å². The van der Waals surface area contributed by atoms with Crippen molar-refractivity contribution in [3.8, 4) is 11.3 Å². The van der Waals surface area contributed by atoms with E-state index in [1.807, 2.05) is 0 Å². The predicted octanol–water partition coefficient (Wildman–Crippen LogP) is 2.62. The lowest BCUT2D eigenvalue weighted by Gasteiger charge is -2.09. The summed E-state index contributed by atoms with van der Waals surface area (Å²) in [5.74, 6) is 0.323. The quantitative estimate of drug-likeness (QED) is 0.690. The van der Waals surface area contributed by atoms with Crippen LogP contribution in [-0.4, -0.2) is 19.3 Å². The van der Waals surface area contributed by atoms with Crippen LogP contribution in [0.25, 0.3) is 11.3 Å². The smallest absolute Gasteiger partial charge is 0.295 e. The summed E-state index contributed by atoms with van der Waals surface area (Å²) in [7, 11) is -4.37. The first-order valence-corrected chi connectivity index (χ1v) is 6.91. The van der Waals surface area contributed by atoms with Crippen molar-refractivity contribution in [2.45, 2.75) is 18.7 Å². The monoisotopic (exact) mass is 280 g/mol. The largest absolute Gasteiger partial charge is 0.453 e. The average molecular weight is 280 g/mol. The van der Waals surface area contributed by atoms with Gasteiger partial charge in [0.05, 0.1) is 0 Å². The maximum atomic E-state index is 11.5. The van der Waals surface area contributed by atoms with Gasteiger partial charge in [-0.15, -0.1) is 0 Å². The van der Waals surface area contributed by atoms with Gasteiger partial charge in [0, 0.05) is 5.56 Å². The van der Waals surface area contributed by atoms with Crippen molar-refractivity contribution < 1.29 is 22.2 Å². The van der Waals surface area contributed by atoms with Crippen LogP contribution in [0.3, 0.4) is 0 Å². The van der Waals surface area contributed by atoms with Crippen molar-refractivity contribution in [3.63, 3.8) is 0 Å². The van der Waals surface area contributed by atoms with E-state index < -0.39 is 10.1 Å². The summed E-state index contributed by atoms with van der Waals surface area (Å²) < 4.78 is 37.4. The molecule has 0 saturated heterocycles. The number of hydrogen-bond donors (Lipinski definition) is 1. The standard InChI is InChI=1S/C13H12O5S/c1-8-5-9(2)13(12(6-8)19(15,16)17)11-4-3-10(7-14)18-11/h3-7H,1-2H3,(H,15,16,17). The summed E-state index contributed by atoms with van der Waals surface area (Å²) >= 11 is 0. The molecule has 2 rings (SSSR count). The predicted molar refractivity (Wildman–Crippen MR) is 68.8 cm³/mol. The second kappa shape index (κ2) is 4.64. The molecule has 1 aromatic carbocycles. The van der Waals surface area contributed by atoms with Gasteiger partial charge in [0.2, 0.25) is 0 Å². The normalized spacial score (nSPS) is 11.5. The number of carbonyl (C=O) groups excluding carboxylic acids is 1. The highest BCUT2D eigenvalue weighted by Gasteiger charge is 2.21. The third-order valence-corrected chi connectivity index (χ3v) is 3.59. The Morgan fingerprint density at radius 1 is 1.21 bits per heavy atom. The molecule has 1 aromatic heterocycles. The second-order valence-electron chi connectivity index (χ2n) is 4.25. The fourth-order valence-electron chi connectivity index (χ4n) is 2.00. The van der Waals surface area contributed by atoms with Gasteiger partial charge in [0.15, 0.2) is 12.0 Å². The Bertz CT molecular complexity index is 740. The van der Waals surface area contributed by atoms with E-state index in [1.165, 1.54) is 18.2 Å². The van der Waals surface area contributed by atoms with Gasteiger partial charge >= 0.3 is 0 Å². The van der Waals surface area contributed by atoms with Crippen LogP contribution >= 0.6 is 0 Å². The molecule has 19 heavy (non-hydrogen) atoms. The van der Waals surface area contributed by atoms with Crippen LogP contribution in [0.4, 0.5) is 0 Å². The topological polar surface area (TPSA) is 84.6 Å². The maximum absolute atomic E-state index is 11.5. The molecule has 1 N–H and O–H groups in total. The van der Waals surface area contributed by atoms with Gasteiger partial charge in [0.1, 0.15) is 10.7 Å². The lowest BCUT2D eigenvalue weighted by molar-refractivity contribution is 0.110. The Balaban J connectivity index is 2.78. The molecule has 5 nitrogen and oxygen atoms in total. The first-order valence-electron chi connectivity index (χ1n) is 5.47. The van der Waals surface area contributed by atoms with Crippen LogP contribution < -0.4 is 0 Å². The summed E-state index contributed by atoms with van der Waals surface area (Å²) in [6, 6.07) is 6.07. The number of rotatable bonds is 3. The average Bonchev–Trinajstić information content (AvgIpc) is 2.75. The molecule has 0 saturated carbocycles. The van der Waals surface area contributed by atoms with Crippen molar-refractivity contribution in [2.75, 3.05) is 0 Å². The van der Waals surface area contributed by atoms with E-state index >= 15 is 0 Å². The second-order valence-corrected chi connectivity index (χ2v) is 5.64. The fourth-order valence-corrected chi connectivity index (χ4v) is 2.85. The third-order valence-electron chi connectivity index (χ3n) is 2.71. The lowest BCUT2D eigenvalue weighted by atomic mass is 10.0. The van der Waals surface area contributed by atoms with Crippen LogP contribution in [-0.2, 0) is 10.1 Å². The third kappa shape index (κ3) is 2.59. The highest BCUT2D eigenvalue weighted by Crippen LogP contribution is 2.32. The van der Waals surface area contributed by atoms with Gasteiger partial charge < -0.3 is 4.42 Å². The summed E-state index contributed by atoms with van der Waals surface area (Å²) in [5, 5.41) is 0. The zero-order valence-electron chi connectivity index (χ0n) is 10.4. The summed E-state index contributed by atoms with van der Waals surface area (Å²) in [4.78, 5) is 10.4. The molecule has 0 atom stereocenters. The first kappa shape index (κ1) is 13.5. The van der Waals surface area contributed by atoms with E-state index in [9.17, 15) is 17.8 Å². The Labute approximate surface area is 110 Å². The molecule has 0 aliphatic heterocycles. The van der Waals surface area contributed by atoms with Gasteiger partial charge in [-0.2, -0.15) is 8.42 Å². The van der Waals surface area contributed by atoms with E-state index in [4.69, 9.17) is 4.42 Å². The number of benzene rings is 1. The van der Waals surface area contributed by atoms with E-state index in [-0.39, 0.29) is 22.0 Å². The van der Waals surface area contributed by atoms with Crippen LogP contribution in [0.1, 0.15) is 21.7 Å². The molecule has 0 unspecified atom stereocenters. The first-order chi connectivity index (χ1) is 8.82. The molecule has 0 fully saturated rings. The molecule has 0 spiro atoms. The van der Waals surface area contributed by atoms with E-state index in [2.05, 4.69) is 0 Å². The van der Waals surface area contributed by atoms with Crippen LogP contribution in [0.5, 0.6) is 0 Å². The zero-order valence-corrected chi connectivity index (χ0v) is 11.2. The highest BCUT2D eigenvalue weighted by atomic mass is 32.2. The molecule has 1 heterocycles. The molecule has 100 valence electrons. The molecule has 2 aromatic rings. The van der Waals surface area contributed by atoms with Crippen LogP contribution in [0, 0.1) is 13.8 Å². The Morgan fingerprint density at radius 2 is 1.89 bits per heavy atom. The van der Waals surface area contributed by atoms with Gasteiger partial charge in [-0.25, -0.2) is 0 Å². The SMILES string of the molecule is Cc1cc(C)c(-c2ccc(C=O)o2)c(S(=O)(=O)O)c1. The van der Waals surface area contributed by atoms with Crippen LogP contribution in [0.2, 0.25) is 0 Å². The van der Waals surface area contributed by atoms with Crippen molar-refractivity contribution in [2.24, 2.45) is 0 Å². The lowest BCUT2D eigenvalue weighted by Crippen LogP contribution is -2.03. The number of aldehydes is 1. The van der Waals surface area contributed by atoms with E-state index in [1.54, 1.807) is 19.9 Å². The minimum absolute atomic E-state index is 0.0938. The number of aryl methyl sites for hydroxylation is 2. The zero-order chi connectivity index (χ0) is 14.2. The van der Waals surface area contributed by atoms with Gasteiger partial charge in [0.25, 0.3) is 10.1 Å². The molecule has 0 aliphatic rings.